The van der Waals surface area contributed by atoms with Crippen LogP contribution in [0.25, 0.3) is 5.76 Å². The third-order valence-corrected chi connectivity index (χ3v) is 7.89. The zero-order valence-corrected chi connectivity index (χ0v) is 24.1. The standard InChI is InChI=1S/C33H33ClN2O4/c1-19-6-8-20(9-7-19)31(38)30-28(24-16-23(39-4)14-15-27(24)40-5)29-25(17-33(2,3)18-26(29)37)36(32(30)35)22-12-10-21(34)11-13-22/h6-16,28,35,38H,17-18H2,1-5H3/t28-/m1/s1. The summed E-state index contributed by atoms with van der Waals surface area (Å²) in [7, 11) is 3.15. The highest BCUT2D eigenvalue weighted by atomic mass is 35.5. The predicted octanol–water partition coefficient (Wildman–Crippen LogP) is 7.86. The van der Waals surface area contributed by atoms with Crippen LogP contribution in [0.4, 0.5) is 5.69 Å². The molecular weight excluding hydrogens is 524 g/mol. The number of benzene rings is 3. The molecule has 7 heteroatoms. The van der Waals surface area contributed by atoms with Gasteiger partial charge in [-0.1, -0.05) is 55.3 Å². The number of aryl methyl sites for hydroxylation is 1. The second kappa shape index (κ2) is 10.5. The summed E-state index contributed by atoms with van der Waals surface area (Å²) < 4.78 is 11.3. The van der Waals surface area contributed by atoms with E-state index in [1.54, 1.807) is 43.4 Å². The number of carbonyl (C=O) groups excluding carboxylic acids is 1. The monoisotopic (exact) mass is 556 g/mol. The highest BCUT2D eigenvalue weighted by Crippen LogP contribution is 2.53. The van der Waals surface area contributed by atoms with E-state index in [9.17, 15) is 15.3 Å². The number of aliphatic hydroxyl groups excluding tert-OH is 1. The molecule has 0 saturated heterocycles. The molecule has 3 aromatic rings. The molecule has 40 heavy (non-hydrogen) atoms. The lowest BCUT2D eigenvalue weighted by Gasteiger charge is -2.45. The van der Waals surface area contributed by atoms with Gasteiger partial charge in [-0.2, -0.15) is 0 Å². The van der Waals surface area contributed by atoms with Crippen molar-refractivity contribution < 1.29 is 19.4 Å². The molecule has 206 valence electrons. The number of rotatable bonds is 5. The maximum absolute atomic E-state index is 14.1. The van der Waals surface area contributed by atoms with Crippen molar-refractivity contribution in [1.82, 2.24) is 0 Å². The average molecular weight is 557 g/mol. The average Bonchev–Trinajstić information content (AvgIpc) is 2.92. The molecule has 3 aromatic carbocycles. The van der Waals surface area contributed by atoms with Crippen LogP contribution in [0.2, 0.25) is 5.02 Å². The van der Waals surface area contributed by atoms with Gasteiger partial charge in [-0.25, -0.2) is 0 Å². The van der Waals surface area contributed by atoms with Crippen molar-refractivity contribution in [2.45, 2.75) is 39.5 Å². The second-order valence-electron chi connectivity index (χ2n) is 11.1. The number of aliphatic hydroxyl groups is 1. The zero-order chi connectivity index (χ0) is 28.8. The Morgan fingerprint density at radius 3 is 2.30 bits per heavy atom. The Balaban J connectivity index is 1.89. The second-order valence-corrected chi connectivity index (χ2v) is 11.6. The van der Waals surface area contributed by atoms with Gasteiger partial charge in [0.05, 0.1) is 20.1 Å². The van der Waals surface area contributed by atoms with Crippen LogP contribution in [0.5, 0.6) is 11.5 Å². The summed E-state index contributed by atoms with van der Waals surface area (Å²) in [6, 6.07) is 20.1. The Morgan fingerprint density at radius 1 is 1.00 bits per heavy atom. The summed E-state index contributed by atoms with van der Waals surface area (Å²) in [4.78, 5) is 15.9. The quantitative estimate of drug-likeness (QED) is 0.312. The summed E-state index contributed by atoms with van der Waals surface area (Å²) in [5.41, 5.74) is 4.23. The Morgan fingerprint density at radius 2 is 1.68 bits per heavy atom. The summed E-state index contributed by atoms with van der Waals surface area (Å²) in [5, 5.41) is 22.1. The number of hydrogen-bond donors (Lipinski definition) is 2. The molecule has 6 nitrogen and oxygen atoms in total. The predicted molar refractivity (Wildman–Crippen MR) is 160 cm³/mol. The molecule has 1 atom stereocenters. The van der Waals surface area contributed by atoms with Crippen LogP contribution in [-0.4, -0.2) is 30.9 Å². The van der Waals surface area contributed by atoms with Crippen LogP contribution in [-0.2, 0) is 4.79 Å². The number of methoxy groups -OCH3 is 2. The van der Waals surface area contributed by atoms with E-state index in [1.165, 1.54) is 0 Å². The van der Waals surface area contributed by atoms with Crippen molar-refractivity contribution in [2.75, 3.05) is 19.1 Å². The van der Waals surface area contributed by atoms with Gasteiger partial charge in [0.15, 0.2) is 5.78 Å². The van der Waals surface area contributed by atoms with E-state index < -0.39 is 5.92 Å². The molecule has 5 rings (SSSR count). The van der Waals surface area contributed by atoms with Crippen molar-refractivity contribution in [2.24, 2.45) is 5.41 Å². The molecule has 0 saturated carbocycles. The molecule has 1 aliphatic carbocycles. The summed E-state index contributed by atoms with van der Waals surface area (Å²) >= 11 is 6.22. The van der Waals surface area contributed by atoms with Gasteiger partial charge in [0.1, 0.15) is 23.1 Å². The Hall–Kier alpha value is -4.03. The van der Waals surface area contributed by atoms with Gasteiger partial charge in [0, 0.05) is 45.1 Å². The molecule has 1 heterocycles. The largest absolute Gasteiger partial charge is 0.507 e. The van der Waals surface area contributed by atoms with Crippen molar-refractivity contribution in [3.8, 4) is 11.5 Å². The number of nitrogens with one attached hydrogen (secondary N) is 1. The Labute approximate surface area is 240 Å². The third kappa shape index (κ3) is 4.88. The maximum Gasteiger partial charge on any atom is 0.162 e. The van der Waals surface area contributed by atoms with Crippen molar-refractivity contribution in [3.63, 3.8) is 0 Å². The van der Waals surface area contributed by atoms with Crippen LogP contribution in [0.15, 0.2) is 83.6 Å². The third-order valence-electron chi connectivity index (χ3n) is 7.64. The minimum Gasteiger partial charge on any atom is -0.507 e. The van der Waals surface area contributed by atoms with E-state index in [4.69, 9.17) is 21.1 Å². The van der Waals surface area contributed by atoms with Crippen LogP contribution >= 0.6 is 11.6 Å². The summed E-state index contributed by atoms with van der Waals surface area (Å²) in [5.74, 6) is 0.366. The summed E-state index contributed by atoms with van der Waals surface area (Å²) in [6.07, 6.45) is 0.912. The molecule has 0 bridgehead atoms. The number of nitrogens with zero attached hydrogens (tertiary/aromatic N) is 1. The first-order valence-corrected chi connectivity index (χ1v) is 13.6. The lowest BCUT2D eigenvalue weighted by Crippen LogP contribution is -2.45. The fourth-order valence-electron chi connectivity index (χ4n) is 5.73. The van der Waals surface area contributed by atoms with E-state index in [1.807, 2.05) is 49.4 Å². The van der Waals surface area contributed by atoms with Crippen molar-refractivity contribution in [3.05, 3.63) is 105 Å². The van der Waals surface area contributed by atoms with Crippen LogP contribution in [0.3, 0.4) is 0 Å². The first-order chi connectivity index (χ1) is 19.0. The fourth-order valence-corrected chi connectivity index (χ4v) is 5.86. The highest BCUT2D eigenvalue weighted by molar-refractivity contribution is 6.30. The van der Waals surface area contributed by atoms with Gasteiger partial charge in [-0.3, -0.25) is 15.1 Å². The van der Waals surface area contributed by atoms with Gasteiger partial charge in [-0.05, 0) is 61.2 Å². The van der Waals surface area contributed by atoms with Gasteiger partial charge in [-0.15, -0.1) is 0 Å². The van der Waals surface area contributed by atoms with Crippen LogP contribution < -0.4 is 14.4 Å². The number of Topliss-reactive ketones (excluding diaryl/α,β-unsaturated/α-hetero) is 1. The smallest absolute Gasteiger partial charge is 0.162 e. The molecule has 0 radical (unpaired) electrons. The molecule has 2 N–H and O–H groups in total. The molecule has 0 unspecified atom stereocenters. The molecule has 0 fully saturated rings. The lowest BCUT2D eigenvalue weighted by molar-refractivity contribution is -0.118. The molecule has 1 aliphatic heterocycles. The summed E-state index contributed by atoms with van der Waals surface area (Å²) in [6.45, 7) is 6.10. The molecule has 0 aromatic heterocycles. The highest BCUT2D eigenvalue weighted by Gasteiger charge is 2.47. The number of allylic oxidation sites excluding steroid dienone is 2. The topological polar surface area (TPSA) is 82.8 Å². The Bertz CT molecular complexity index is 1550. The number of anilines is 1. The fraction of sp³-hybridized carbons (Fsp3) is 0.273. The zero-order valence-electron chi connectivity index (χ0n) is 23.3. The maximum atomic E-state index is 14.1. The molecule has 2 aliphatic rings. The van der Waals surface area contributed by atoms with Gasteiger partial charge >= 0.3 is 0 Å². The minimum absolute atomic E-state index is 0.0261. The van der Waals surface area contributed by atoms with E-state index >= 15 is 0 Å². The van der Waals surface area contributed by atoms with E-state index in [2.05, 4.69) is 13.8 Å². The lowest BCUT2D eigenvalue weighted by atomic mass is 9.67. The molecular formula is C33H33ClN2O4. The SMILES string of the molecule is COc1ccc(OC)c([C@H]2C(=C(O)c3ccc(C)cc3)C(=N)N(c3ccc(Cl)cc3)C3=C2C(=O)CC(C)(C)C3)c1. The first kappa shape index (κ1) is 27.5. The molecule has 0 amide bonds. The number of ketones is 1. The normalized spacial score (nSPS) is 19.9. The molecule has 0 spiro atoms. The van der Waals surface area contributed by atoms with E-state index in [0.717, 1.165) is 11.3 Å². The van der Waals surface area contributed by atoms with Gasteiger partial charge in [0.2, 0.25) is 0 Å². The van der Waals surface area contributed by atoms with Gasteiger partial charge in [0.25, 0.3) is 0 Å². The van der Waals surface area contributed by atoms with Gasteiger partial charge < -0.3 is 14.6 Å². The van der Waals surface area contributed by atoms with Crippen molar-refractivity contribution >= 4 is 34.7 Å². The first-order valence-electron chi connectivity index (χ1n) is 13.2. The van der Waals surface area contributed by atoms with Crippen LogP contribution in [0.1, 0.15) is 49.3 Å². The van der Waals surface area contributed by atoms with Crippen molar-refractivity contribution in [1.29, 1.82) is 5.41 Å². The van der Waals surface area contributed by atoms with E-state index in [-0.39, 0.29) is 22.8 Å². The number of carbonyl (C=O) groups is 1. The number of amidine groups is 1. The number of hydrogen-bond acceptors (Lipinski definition) is 5. The van der Waals surface area contributed by atoms with E-state index in [0.29, 0.717) is 57.3 Å². The number of ether oxygens (including phenoxy) is 2. The Kier molecular flexibility index (Phi) is 7.23. The number of halogens is 1. The minimum atomic E-state index is -0.749. The van der Waals surface area contributed by atoms with Crippen LogP contribution in [0, 0.1) is 17.7 Å².